The third-order valence-electron chi connectivity index (χ3n) is 4.10. The van der Waals surface area contributed by atoms with Crippen molar-refractivity contribution < 1.29 is 22.8 Å². The summed E-state index contributed by atoms with van der Waals surface area (Å²) >= 11 is 0. The first kappa shape index (κ1) is 22.4. The molecule has 29 heavy (non-hydrogen) atoms. The van der Waals surface area contributed by atoms with E-state index in [2.05, 4.69) is 11.3 Å². The minimum absolute atomic E-state index is 0.0251. The molecule has 0 aliphatic heterocycles. The largest absolute Gasteiger partial charge is 0.493 e. The lowest BCUT2D eigenvalue weighted by Gasteiger charge is -2.12. The van der Waals surface area contributed by atoms with Crippen LogP contribution in [0.2, 0.25) is 0 Å². The van der Waals surface area contributed by atoms with Crippen molar-refractivity contribution in [2.45, 2.75) is 37.5 Å². The Morgan fingerprint density at radius 3 is 2.48 bits per heavy atom. The van der Waals surface area contributed by atoms with Crippen molar-refractivity contribution in [2.75, 3.05) is 13.7 Å². The number of ether oxygens (including phenoxy) is 2. The predicted octanol–water partition coefficient (Wildman–Crippen LogP) is 4.37. The molecule has 0 unspecified atom stereocenters. The highest BCUT2D eigenvalue weighted by molar-refractivity contribution is 7.90. The van der Waals surface area contributed by atoms with Gasteiger partial charge in [-0.05, 0) is 24.6 Å². The first-order valence-electron chi connectivity index (χ1n) is 9.23. The van der Waals surface area contributed by atoms with Gasteiger partial charge in [-0.1, -0.05) is 44.4 Å². The van der Waals surface area contributed by atoms with Crippen molar-refractivity contribution in [3.05, 3.63) is 58.1 Å². The van der Waals surface area contributed by atoms with Crippen molar-refractivity contribution in [2.24, 2.45) is 4.40 Å². The van der Waals surface area contributed by atoms with Crippen LogP contribution in [0.3, 0.4) is 0 Å². The molecule has 0 fully saturated rings. The van der Waals surface area contributed by atoms with E-state index in [9.17, 15) is 18.5 Å². The maximum Gasteiger partial charge on any atom is 0.315 e. The molecule has 0 heterocycles. The molecule has 0 amide bonds. The van der Waals surface area contributed by atoms with Crippen molar-refractivity contribution in [3.8, 4) is 11.5 Å². The fraction of sp³-hybridized carbons (Fsp3) is 0.350. The van der Waals surface area contributed by atoms with Crippen molar-refractivity contribution in [1.82, 2.24) is 0 Å². The quantitative estimate of drug-likeness (QED) is 0.231. The van der Waals surface area contributed by atoms with Gasteiger partial charge in [0.1, 0.15) is 0 Å². The Labute approximate surface area is 170 Å². The number of nitro groups is 1. The Hall–Kier alpha value is -2.94. The number of sulfonamides is 1. The molecule has 0 aliphatic rings. The molecule has 8 nitrogen and oxygen atoms in total. The van der Waals surface area contributed by atoms with E-state index in [1.807, 2.05) is 0 Å². The minimum atomic E-state index is -3.92. The third-order valence-corrected chi connectivity index (χ3v) is 5.35. The lowest BCUT2D eigenvalue weighted by Crippen LogP contribution is -2.04. The van der Waals surface area contributed by atoms with Gasteiger partial charge in [-0.25, -0.2) is 0 Å². The number of nitrogens with zero attached hydrogens (tertiary/aromatic N) is 2. The molecule has 0 radical (unpaired) electrons. The second-order valence-electron chi connectivity index (χ2n) is 6.26. The zero-order valence-electron chi connectivity index (χ0n) is 16.4. The molecule has 0 aliphatic carbocycles. The Morgan fingerprint density at radius 1 is 1.14 bits per heavy atom. The first-order chi connectivity index (χ1) is 13.9. The molecule has 0 saturated heterocycles. The average molecular weight is 420 g/mol. The fourth-order valence-electron chi connectivity index (χ4n) is 2.60. The second kappa shape index (κ2) is 10.6. The van der Waals surface area contributed by atoms with E-state index in [0.29, 0.717) is 6.61 Å². The number of nitro benzene ring substituents is 1. The van der Waals surface area contributed by atoms with E-state index >= 15 is 0 Å². The summed E-state index contributed by atoms with van der Waals surface area (Å²) in [6.07, 6.45) is 4.93. The van der Waals surface area contributed by atoms with E-state index in [-0.39, 0.29) is 27.6 Å². The number of hydrogen-bond acceptors (Lipinski definition) is 6. The van der Waals surface area contributed by atoms with Gasteiger partial charge in [0.25, 0.3) is 10.0 Å². The highest BCUT2D eigenvalue weighted by Crippen LogP contribution is 2.38. The molecule has 0 saturated carbocycles. The predicted molar refractivity (Wildman–Crippen MR) is 111 cm³/mol. The minimum Gasteiger partial charge on any atom is -0.493 e. The third kappa shape index (κ3) is 6.28. The molecular formula is C20H24N2O6S. The van der Waals surface area contributed by atoms with Crippen LogP contribution in [-0.2, 0) is 10.0 Å². The molecule has 156 valence electrons. The van der Waals surface area contributed by atoms with Crippen LogP contribution in [0.4, 0.5) is 5.69 Å². The molecule has 0 spiro atoms. The number of unbranched alkanes of at least 4 members (excludes halogenated alkanes) is 3. The molecule has 0 N–H and O–H groups in total. The normalized spacial score (nSPS) is 11.5. The van der Waals surface area contributed by atoms with Crippen LogP contribution in [0.15, 0.2) is 51.8 Å². The summed E-state index contributed by atoms with van der Waals surface area (Å²) in [5.74, 6) is 0.172. The van der Waals surface area contributed by atoms with Gasteiger partial charge in [-0.3, -0.25) is 10.1 Å². The van der Waals surface area contributed by atoms with Gasteiger partial charge in [0.05, 0.1) is 23.5 Å². The van der Waals surface area contributed by atoms with E-state index in [1.165, 1.54) is 31.4 Å². The molecule has 0 atom stereocenters. The summed E-state index contributed by atoms with van der Waals surface area (Å²) in [6.45, 7) is 2.42. The lowest BCUT2D eigenvalue weighted by molar-refractivity contribution is -0.386. The Bertz CT molecular complexity index is 958. The summed E-state index contributed by atoms with van der Waals surface area (Å²) in [7, 11) is -2.55. The van der Waals surface area contributed by atoms with Gasteiger partial charge in [0.15, 0.2) is 5.75 Å². The Balaban J connectivity index is 2.30. The Morgan fingerprint density at radius 2 is 1.86 bits per heavy atom. The van der Waals surface area contributed by atoms with Crippen molar-refractivity contribution >= 4 is 21.9 Å². The van der Waals surface area contributed by atoms with Crippen LogP contribution in [0.25, 0.3) is 0 Å². The number of methoxy groups -OCH3 is 1. The SMILES string of the molecule is CCCCCCOc1c(OC)cc(/C=N\S(=O)(=O)c2ccccc2)cc1[N+](=O)[O-]. The molecule has 0 bridgehead atoms. The average Bonchev–Trinajstić information content (AvgIpc) is 2.72. The van der Waals surface area contributed by atoms with Crippen LogP contribution in [0.1, 0.15) is 38.2 Å². The number of hydrogen-bond donors (Lipinski definition) is 0. The van der Waals surface area contributed by atoms with Crippen molar-refractivity contribution in [1.29, 1.82) is 0 Å². The van der Waals surface area contributed by atoms with Gasteiger partial charge in [0, 0.05) is 17.8 Å². The van der Waals surface area contributed by atoms with E-state index < -0.39 is 14.9 Å². The first-order valence-corrected chi connectivity index (χ1v) is 10.7. The van der Waals surface area contributed by atoms with Crippen LogP contribution < -0.4 is 9.47 Å². The number of rotatable bonds is 11. The lowest BCUT2D eigenvalue weighted by atomic mass is 10.2. The highest BCUT2D eigenvalue weighted by Gasteiger charge is 2.22. The molecular weight excluding hydrogens is 396 g/mol. The van der Waals surface area contributed by atoms with Crippen LogP contribution in [-0.4, -0.2) is 33.3 Å². The topological polar surface area (TPSA) is 108 Å². The maximum atomic E-state index is 12.3. The smallest absolute Gasteiger partial charge is 0.315 e. The zero-order valence-corrected chi connectivity index (χ0v) is 17.2. The van der Waals surface area contributed by atoms with Crippen LogP contribution in [0, 0.1) is 10.1 Å². The summed E-state index contributed by atoms with van der Waals surface area (Å²) in [5.41, 5.74) is -0.0928. The summed E-state index contributed by atoms with van der Waals surface area (Å²) in [5, 5.41) is 11.5. The van der Waals surface area contributed by atoms with Gasteiger partial charge in [-0.15, -0.1) is 0 Å². The monoisotopic (exact) mass is 420 g/mol. The Kier molecular flexibility index (Phi) is 8.14. The second-order valence-corrected chi connectivity index (χ2v) is 7.89. The van der Waals surface area contributed by atoms with Crippen LogP contribution in [0.5, 0.6) is 11.5 Å². The van der Waals surface area contributed by atoms with Gasteiger partial charge < -0.3 is 9.47 Å². The van der Waals surface area contributed by atoms with Crippen LogP contribution >= 0.6 is 0 Å². The number of benzene rings is 2. The van der Waals surface area contributed by atoms with Gasteiger partial charge in [0.2, 0.25) is 5.75 Å². The van der Waals surface area contributed by atoms with E-state index in [1.54, 1.807) is 18.2 Å². The van der Waals surface area contributed by atoms with E-state index in [4.69, 9.17) is 9.47 Å². The summed E-state index contributed by atoms with van der Waals surface area (Å²) in [6, 6.07) is 10.4. The van der Waals surface area contributed by atoms with Gasteiger partial charge in [-0.2, -0.15) is 12.8 Å². The van der Waals surface area contributed by atoms with Gasteiger partial charge >= 0.3 is 5.69 Å². The summed E-state index contributed by atoms with van der Waals surface area (Å²) < 4.78 is 39.0. The standard InChI is InChI=1S/C20H24N2O6S/c1-3-4-5-9-12-28-20-18(22(23)24)13-16(14-19(20)27-2)15-21-29(25,26)17-10-7-6-8-11-17/h6-8,10-11,13-15H,3-5,9,12H2,1-2H3/b21-15-. The molecule has 9 heteroatoms. The maximum absolute atomic E-state index is 12.3. The molecule has 2 aromatic rings. The van der Waals surface area contributed by atoms with E-state index in [0.717, 1.165) is 31.9 Å². The molecule has 0 aromatic heterocycles. The fourth-order valence-corrected chi connectivity index (χ4v) is 3.48. The molecule has 2 rings (SSSR count). The molecule has 2 aromatic carbocycles. The highest BCUT2D eigenvalue weighted by atomic mass is 32.2. The zero-order chi connectivity index (χ0) is 21.3. The van der Waals surface area contributed by atoms with Crippen molar-refractivity contribution in [3.63, 3.8) is 0 Å². The summed E-state index contributed by atoms with van der Waals surface area (Å²) in [4.78, 5) is 10.9.